The molecule has 2 N–H and O–H groups in total. The second kappa shape index (κ2) is 12.7. The molecule has 0 bridgehead atoms. The minimum Gasteiger partial charge on any atom is -0.446 e. The van der Waals surface area contributed by atoms with Gasteiger partial charge in [0.2, 0.25) is 0 Å². The average molecular weight is 314 g/mol. The molecule has 5 nitrogen and oxygen atoms in total. The van der Waals surface area contributed by atoms with Crippen molar-refractivity contribution in [3.05, 3.63) is 0 Å². The van der Waals surface area contributed by atoms with E-state index in [1.807, 2.05) is 0 Å². The summed E-state index contributed by atoms with van der Waals surface area (Å²) in [5, 5.41) is 11.8. The highest BCUT2D eigenvalue weighted by Crippen LogP contribution is 2.13. The van der Waals surface area contributed by atoms with Crippen molar-refractivity contribution in [3.8, 4) is 0 Å². The maximum atomic E-state index is 11.9. The second-order valence-corrected chi connectivity index (χ2v) is 6.22. The monoisotopic (exact) mass is 314 g/mol. The molecule has 1 rings (SSSR count). The number of likely N-dealkylation sites (tertiary alicyclic amines) is 1. The summed E-state index contributed by atoms with van der Waals surface area (Å²) in [4.78, 5) is 14.2. The minimum atomic E-state index is -0.308. The number of amides is 1. The molecular weight excluding hydrogens is 280 g/mol. The Balaban J connectivity index is 2.15. The predicted octanol–water partition coefficient (Wildman–Crippen LogP) is 2.92. The van der Waals surface area contributed by atoms with Crippen molar-refractivity contribution >= 4 is 6.09 Å². The number of rotatable bonds is 12. The first-order chi connectivity index (χ1) is 10.8. The maximum Gasteiger partial charge on any atom is 0.407 e. The fourth-order valence-corrected chi connectivity index (χ4v) is 2.90. The van der Waals surface area contributed by atoms with Gasteiger partial charge in [-0.3, -0.25) is 0 Å². The summed E-state index contributed by atoms with van der Waals surface area (Å²) in [5.74, 6) is 0. The van der Waals surface area contributed by atoms with Crippen LogP contribution in [0, 0.1) is 0 Å². The normalized spacial score (nSPS) is 16.6. The van der Waals surface area contributed by atoms with Crippen LogP contribution < -0.4 is 5.32 Å². The van der Waals surface area contributed by atoms with Crippen molar-refractivity contribution in [2.45, 2.75) is 70.8 Å². The fraction of sp³-hybridized carbons (Fsp3) is 0.941. The standard InChI is InChI=1S/C17H34N2O3/c1-2-3-4-5-9-16(10-8-15-20)22-17(21)18-11-14-19-12-6-7-13-19/h16,20H,2-15H2,1H3,(H,18,21). The van der Waals surface area contributed by atoms with Gasteiger partial charge in [0.15, 0.2) is 0 Å². The number of hydrogen-bond acceptors (Lipinski definition) is 4. The zero-order valence-corrected chi connectivity index (χ0v) is 14.2. The number of ether oxygens (including phenoxy) is 1. The number of hydrogen-bond donors (Lipinski definition) is 2. The van der Waals surface area contributed by atoms with Crippen molar-refractivity contribution in [1.29, 1.82) is 0 Å². The molecule has 1 unspecified atom stereocenters. The molecule has 1 aliphatic heterocycles. The van der Waals surface area contributed by atoms with Crippen LogP contribution in [0.3, 0.4) is 0 Å². The third kappa shape index (κ3) is 9.26. The molecule has 0 aromatic rings. The van der Waals surface area contributed by atoms with Gasteiger partial charge < -0.3 is 20.1 Å². The first kappa shape index (κ1) is 19.2. The van der Waals surface area contributed by atoms with Gasteiger partial charge in [-0.15, -0.1) is 0 Å². The summed E-state index contributed by atoms with van der Waals surface area (Å²) in [6.07, 6.45) is 9.23. The number of nitrogens with zero attached hydrogens (tertiary/aromatic N) is 1. The molecule has 1 aliphatic rings. The summed E-state index contributed by atoms with van der Waals surface area (Å²) < 4.78 is 5.52. The Morgan fingerprint density at radius 3 is 2.59 bits per heavy atom. The topological polar surface area (TPSA) is 61.8 Å². The van der Waals surface area contributed by atoms with E-state index in [4.69, 9.17) is 9.84 Å². The molecule has 1 atom stereocenters. The Kier molecular flexibility index (Phi) is 11.1. The summed E-state index contributed by atoms with van der Waals surface area (Å²) >= 11 is 0. The second-order valence-electron chi connectivity index (χ2n) is 6.22. The van der Waals surface area contributed by atoms with Crippen molar-refractivity contribution in [1.82, 2.24) is 10.2 Å². The molecule has 0 aromatic carbocycles. The Labute approximate surface area is 135 Å². The van der Waals surface area contributed by atoms with E-state index in [2.05, 4.69) is 17.1 Å². The van der Waals surface area contributed by atoms with E-state index in [-0.39, 0.29) is 18.8 Å². The van der Waals surface area contributed by atoms with Gasteiger partial charge in [-0.1, -0.05) is 26.2 Å². The third-order valence-corrected chi connectivity index (χ3v) is 4.23. The summed E-state index contributed by atoms with van der Waals surface area (Å²) in [5.41, 5.74) is 0. The van der Waals surface area contributed by atoms with E-state index in [9.17, 15) is 4.79 Å². The van der Waals surface area contributed by atoms with Crippen LogP contribution in [-0.4, -0.2) is 55.0 Å². The van der Waals surface area contributed by atoms with Crippen LogP contribution in [-0.2, 0) is 4.74 Å². The fourth-order valence-electron chi connectivity index (χ4n) is 2.90. The average Bonchev–Trinajstić information content (AvgIpc) is 3.02. The van der Waals surface area contributed by atoms with Crippen molar-refractivity contribution in [2.75, 3.05) is 32.8 Å². The van der Waals surface area contributed by atoms with Crippen LogP contribution in [0.1, 0.15) is 64.7 Å². The van der Waals surface area contributed by atoms with E-state index < -0.39 is 0 Å². The summed E-state index contributed by atoms with van der Waals surface area (Å²) in [7, 11) is 0. The molecule has 130 valence electrons. The molecule has 1 amide bonds. The van der Waals surface area contributed by atoms with Gasteiger partial charge in [-0.25, -0.2) is 4.79 Å². The molecule has 22 heavy (non-hydrogen) atoms. The highest BCUT2D eigenvalue weighted by atomic mass is 16.6. The molecule has 1 heterocycles. The number of carbonyl (C=O) groups is 1. The van der Waals surface area contributed by atoms with Crippen LogP contribution in [0.2, 0.25) is 0 Å². The molecule has 0 aliphatic carbocycles. The molecule has 1 saturated heterocycles. The van der Waals surface area contributed by atoms with Crippen LogP contribution in [0.15, 0.2) is 0 Å². The Morgan fingerprint density at radius 1 is 1.18 bits per heavy atom. The number of unbranched alkanes of at least 4 members (excludes halogenated alkanes) is 3. The van der Waals surface area contributed by atoms with E-state index in [1.54, 1.807) is 0 Å². The lowest BCUT2D eigenvalue weighted by Gasteiger charge is -2.19. The number of nitrogens with one attached hydrogen (secondary N) is 1. The van der Waals surface area contributed by atoms with E-state index >= 15 is 0 Å². The zero-order valence-electron chi connectivity index (χ0n) is 14.2. The van der Waals surface area contributed by atoms with Crippen LogP contribution in [0.5, 0.6) is 0 Å². The predicted molar refractivity (Wildman–Crippen MR) is 89.0 cm³/mol. The van der Waals surface area contributed by atoms with E-state index in [1.165, 1.54) is 32.1 Å². The first-order valence-electron chi connectivity index (χ1n) is 9.04. The van der Waals surface area contributed by atoms with Gasteiger partial charge in [-0.05, 0) is 51.6 Å². The van der Waals surface area contributed by atoms with Crippen molar-refractivity contribution in [2.24, 2.45) is 0 Å². The quantitative estimate of drug-likeness (QED) is 0.544. The molecule has 1 fully saturated rings. The van der Waals surface area contributed by atoms with Gasteiger partial charge in [0, 0.05) is 19.7 Å². The zero-order chi connectivity index (χ0) is 16.0. The lowest BCUT2D eigenvalue weighted by molar-refractivity contribution is 0.0804. The van der Waals surface area contributed by atoms with Gasteiger partial charge >= 0.3 is 6.09 Å². The molecule has 0 spiro atoms. The minimum absolute atomic E-state index is 0.0595. The highest BCUT2D eigenvalue weighted by molar-refractivity contribution is 5.67. The van der Waals surface area contributed by atoms with Crippen LogP contribution >= 0.6 is 0 Å². The Bertz CT molecular complexity index is 281. The Morgan fingerprint density at radius 2 is 1.91 bits per heavy atom. The molecule has 0 aromatic heterocycles. The number of alkyl carbamates (subject to hydrolysis) is 1. The third-order valence-electron chi connectivity index (χ3n) is 4.23. The van der Waals surface area contributed by atoms with Gasteiger partial charge in [0.25, 0.3) is 0 Å². The van der Waals surface area contributed by atoms with E-state index in [0.29, 0.717) is 13.0 Å². The summed E-state index contributed by atoms with van der Waals surface area (Å²) in [6.45, 7) is 6.20. The van der Waals surface area contributed by atoms with Crippen molar-refractivity contribution in [3.63, 3.8) is 0 Å². The lowest BCUT2D eigenvalue weighted by Crippen LogP contribution is -2.35. The molecule has 0 radical (unpaired) electrons. The maximum absolute atomic E-state index is 11.9. The van der Waals surface area contributed by atoms with Crippen molar-refractivity contribution < 1.29 is 14.6 Å². The molecule has 5 heteroatoms. The SMILES string of the molecule is CCCCCCC(CCCO)OC(=O)NCCN1CCCC1. The largest absolute Gasteiger partial charge is 0.446 e. The lowest BCUT2D eigenvalue weighted by atomic mass is 10.1. The van der Waals surface area contributed by atoms with Crippen LogP contribution in [0.25, 0.3) is 0 Å². The van der Waals surface area contributed by atoms with Gasteiger partial charge in [0.05, 0.1) is 0 Å². The summed E-state index contributed by atoms with van der Waals surface area (Å²) in [6, 6.07) is 0. The first-order valence-corrected chi connectivity index (χ1v) is 9.04. The number of carbonyl (C=O) groups excluding carboxylic acids is 1. The number of aliphatic hydroxyl groups excluding tert-OH is 1. The molecular formula is C17H34N2O3. The number of aliphatic hydroxyl groups is 1. The van der Waals surface area contributed by atoms with Crippen LogP contribution in [0.4, 0.5) is 4.79 Å². The molecule has 0 saturated carbocycles. The smallest absolute Gasteiger partial charge is 0.407 e. The van der Waals surface area contributed by atoms with Gasteiger partial charge in [0.1, 0.15) is 6.10 Å². The van der Waals surface area contributed by atoms with Gasteiger partial charge in [-0.2, -0.15) is 0 Å². The highest BCUT2D eigenvalue weighted by Gasteiger charge is 2.15. The van der Waals surface area contributed by atoms with E-state index in [0.717, 1.165) is 38.9 Å². The Hall–Kier alpha value is -0.810.